The Morgan fingerprint density at radius 1 is 1.24 bits per heavy atom. The minimum absolute atomic E-state index is 0.0273. The molecule has 0 saturated carbocycles. The Balaban J connectivity index is 1.94. The molecule has 1 aromatic heterocycles. The zero-order chi connectivity index (χ0) is 12.4. The van der Waals surface area contributed by atoms with Gasteiger partial charge in [-0.25, -0.2) is 0 Å². The summed E-state index contributed by atoms with van der Waals surface area (Å²) in [5.41, 5.74) is 6.36. The molecule has 94 valence electrons. The molecular formula is C13H21N3O. The van der Waals surface area contributed by atoms with Gasteiger partial charge in [0, 0.05) is 44.1 Å². The van der Waals surface area contributed by atoms with E-state index in [1.54, 1.807) is 16.8 Å². The molecule has 0 aliphatic carbocycles. The normalized spacial score (nSPS) is 25.3. The lowest BCUT2D eigenvalue weighted by Crippen LogP contribution is -2.29. The van der Waals surface area contributed by atoms with Gasteiger partial charge in [-0.3, -0.25) is 4.79 Å². The Morgan fingerprint density at radius 2 is 1.88 bits per heavy atom. The summed E-state index contributed by atoms with van der Waals surface area (Å²) in [7, 11) is 0. The summed E-state index contributed by atoms with van der Waals surface area (Å²) in [6, 6.07) is 3.18. The number of nitrogens with two attached hydrogens (primary N) is 1. The third-order valence-corrected chi connectivity index (χ3v) is 3.73. The molecule has 2 atom stereocenters. The van der Waals surface area contributed by atoms with Gasteiger partial charge in [0.05, 0.1) is 0 Å². The maximum atomic E-state index is 11.6. The third-order valence-electron chi connectivity index (χ3n) is 3.73. The molecule has 1 aromatic rings. The predicted octanol–water partition coefficient (Wildman–Crippen LogP) is 1.02. The van der Waals surface area contributed by atoms with Crippen LogP contribution in [0.1, 0.15) is 13.8 Å². The van der Waals surface area contributed by atoms with E-state index in [2.05, 4.69) is 18.7 Å². The lowest BCUT2D eigenvalue weighted by molar-refractivity contribution is 0.307. The Kier molecular flexibility index (Phi) is 3.52. The fraction of sp³-hybridized carbons (Fsp3) is 0.615. The second-order valence-corrected chi connectivity index (χ2v) is 5.21. The van der Waals surface area contributed by atoms with Gasteiger partial charge in [-0.1, -0.05) is 13.8 Å². The average Bonchev–Trinajstić information content (AvgIpc) is 2.60. The molecule has 4 nitrogen and oxygen atoms in total. The number of pyridine rings is 1. The number of hydrogen-bond acceptors (Lipinski definition) is 3. The molecule has 0 amide bonds. The number of likely N-dealkylation sites (tertiary alicyclic amines) is 1. The fourth-order valence-corrected chi connectivity index (χ4v) is 2.41. The highest BCUT2D eigenvalue weighted by Crippen LogP contribution is 2.21. The van der Waals surface area contributed by atoms with Crippen LogP contribution in [0.25, 0.3) is 0 Å². The number of anilines is 1. The molecular weight excluding hydrogens is 214 g/mol. The van der Waals surface area contributed by atoms with Crippen molar-refractivity contribution in [3.05, 3.63) is 28.7 Å². The van der Waals surface area contributed by atoms with Gasteiger partial charge in [-0.2, -0.15) is 0 Å². The quantitative estimate of drug-likeness (QED) is 0.851. The van der Waals surface area contributed by atoms with Crippen LogP contribution in [0.3, 0.4) is 0 Å². The van der Waals surface area contributed by atoms with Gasteiger partial charge in [-0.15, -0.1) is 0 Å². The van der Waals surface area contributed by atoms with Gasteiger partial charge in [0.15, 0.2) is 0 Å². The maximum absolute atomic E-state index is 11.6. The van der Waals surface area contributed by atoms with Crippen molar-refractivity contribution in [3.8, 4) is 0 Å². The molecule has 4 heteroatoms. The number of rotatable bonds is 3. The van der Waals surface area contributed by atoms with Crippen LogP contribution in [0.5, 0.6) is 0 Å². The largest absolute Gasteiger partial charge is 0.398 e. The molecule has 2 N–H and O–H groups in total. The van der Waals surface area contributed by atoms with E-state index in [0.29, 0.717) is 5.69 Å². The van der Waals surface area contributed by atoms with E-state index in [4.69, 9.17) is 5.73 Å². The SMILES string of the molecule is CC1CN(CCn2cc(N)ccc2=O)CC1C. The van der Waals surface area contributed by atoms with Gasteiger partial charge in [0.1, 0.15) is 0 Å². The van der Waals surface area contributed by atoms with E-state index >= 15 is 0 Å². The van der Waals surface area contributed by atoms with Crippen molar-refractivity contribution in [2.45, 2.75) is 20.4 Å². The molecule has 1 fully saturated rings. The first-order chi connectivity index (χ1) is 8.06. The van der Waals surface area contributed by atoms with E-state index in [0.717, 1.165) is 38.0 Å². The van der Waals surface area contributed by atoms with Crippen molar-refractivity contribution in [1.29, 1.82) is 0 Å². The number of nitrogens with zero attached hydrogens (tertiary/aromatic N) is 2. The van der Waals surface area contributed by atoms with Crippen LogP contribution in [0.15, 0.2) is 23.1 Å². The monoisotopic (exact) mass is 235 g/mol. The summed E-state index contributed by atoms with van der Waals surface area (Å²) >= 11 is 0. The fourth-order valence-electron chi connectivity index (χ4n) is 2.41. The number of nitrogen functional groups attached to an aromatic ring is 1. The molecule has 17 heavy (non-hydrogen) atoms. The van der Waals surface area contributed by atoms with Crippen molar-refractivity contribution in [2.24, 2.45) is 11.8 Å². The Labute approximate surface area is 102 Å². The van der Waals surface area contributed by atoms with Crippen LogP contribution in [-0.2, 0) is 6.54 Å². The molecule has 2 heterocycles. The third kappa shape index (κ3) is 2.88. The molecule has 1 aliphatic heterocycles. The molecule has 2 unspecified atom stereocenters. The summed E-state index contributed by atoms with van der Waals surface area (Å²) in [6.07, 6.45) is 1.73. The van der Waals surface area contributed by atoms with Crippen molar-refractivity contribution in [3.63, 3.8) is 0 Å². The van der Waals surface area contributed by atoms with E-state index in [9.17, 15) is 4.79 Å². The van der Waals surface area contributed by atoms with Crippen LogP contribution in [0.4, 0.5) is 5.69 Å². The highest BCUT2D eigenvalue weighted by Gasteiger charge is 2.25. The van der Waals surface area contributed by atoms with Crippen molar-refractivity contribution >= 4 is 5.69 Å². The van der Waals surface area contributed by atoms with E-state index < -0.39 is 0 Å². The first-order valence-electron chi connectivity index (χ1n) is 6.24. The van der Waals surface area contributed by atoms with Crippen LogP contribution in [0, 0.1) is 11.8 Å². The standard InChI is InChI=1S/C13H21N3O/c1-10-7-15(8-11(10)2)5-6-16-9-12(14)3-4-13(16)17/h3-4,9-11H,5-8,14H2,1-2H3. The first-order valence-corrected chi connectivity index (χ1v) is 6.24. The second-order valence-electron chi connectivity index (χ2n) is 5.21. The smallest absolute Gasteiger partial charge is 0.250 e. The second kappa shape index (κ2) is 4.92. The van der Waals surface area contributed by atoms with E-state index in [1.165, 1.54) is 6.07 Å². The molecule has 0 aromatic carbocycles. The lowest BCUT2D eigenvalue weighted by Gasteiger charge is -2.16. The minimum Gasteiger partial charge on any atom is -0.398 e. The summed E-state index contributed by atoms with van der Waals surface area (Å²) < 4.78 is 1.70. The first kappa shape index (κ1) is 12.2. The average molecular weight is 235 g/mol. The van der Waals surface area contributed by atoms with E-state index in [-0.39, 0.29) is 5.56 Å². The highest BCUT2D eigenvalue weighted by atomic mass is 16.1. The minimum atomic E-state index is 0.0273. The van der Waals surface area contributed by atoms with Crippen molar-refractivity contribution < 1.29 is 0 Å². The lowest BCUT2D eigenvalue weighted by atomic mass is 10.0. The predicted molar refractivity (Wildman–Crippen MR) is 69.9 cm³/mol. The molecule has 0 radical (unpaired) electrons. The zero-order valence-electron chi connectivity index (χ0n) is 10.6. The maximum Gasteiger partial charge on any atom is 0.250 e. The topological polar surface area (TPSA) is 51.3 Å². The summed E-state index contributed by atoms with van der Waals surface area (Å²) in [4.78, 5) is 14.0. The number of hydrogen-bond donors (Lipinski definition) is 1. The van der Waals surface area contributed by atoms with Crippen molar-refractivity contribution in [2.75, 3.05) is 25.4 Å². The summed E-state index contributed by atoms with van der Waals surface area (Å²) in [5, 5.41) is 0. The molecule has 1 saturated heterocycles. The zero-order valence-corrected chi connectivity index (χ0v) is 10.6. The molecule has 2 rings (SSSR count). The van der Waals surface area contributed by atoms with Crippen molar-refractivity contribution in [1.82, 2.24) is 9.47 Å². The van der Waals surface area contributed by atoms with Gasteiger partial charge < -0.3 is 15.2 Å². The molecule has 0 bridgehead atoms. The van der Waals surface area contributed by atoms with Crippen LogP contribution in [-0.4, -0.2) is 29.1 Å². The van der Waals surface area contributed by atoms with Gasteiger partial charge in [0.25, 0.3) is 5.56 Å². The van der Waals surface area contributed by atoms with Crippen LogP contribution < -0.4 is 11.3 Å². The van der Waals surface area contributed by atoms with Crippen LogP contribution >= 0.6 is 0 Å². The van der Waals surface area contributed by atoms with Gasteiger partial charge >= 0.3 is 0 Å². The van der Waals surface area contributed by atoms with Crippen LogP contribution in [0.2, 0.25) is 0 Å². The van der Waals surface area contributed by atoms with E-state index in [1.807, 2.05) is 0 Å². The molecule has 0 spiro atoms. The highest BCUT2D eigenvalue weighted by molar-refractivity contribution is 5.33. The summed E-state index contributed by atoms with van der Waals surface area (Å²) in [5.74, 6) is 1.51. The molecule has 1 aliphatic rings. The van der Waals surface area contributed by atoms with Gasteiger partial charge in [-0.05, 0) is 17.9 Å². The Morgan fingerprint density at radius 3 is 2.53 bits per heavy atom. The summed E-state index contributed by atoms with van der Waals surface area (Å²) in [6.45, 7) is 8.51. The Hall–Kier alpha value is -1.29. The number of aromatic nitrogens is 1. The Bertz CT molecular complexity index is 431. The van der Waals surface area contributed by atoms with Gasteiger partial charge in [0.2, 0.25) is 0 Å².